The van der Waals surface area contributed by atoms with Crippen molar-refractivity contribution >= 4 is 20.0 Å². The Morgan fingerprint density at radius 2 is 1.88 bits per heavy atom. The van der Waals surface area contributed by atoms with Crippen LogP contribution in [-0.4, -0.2) is 60.4 Å². The number of hydrogen-bond acceptors (Lipinski definition) is 6. The van der Waals surface area contributed by atoms with Crippen LogP contribution < -0.4 is 5.14 Å². The van der Waals surface area contributed by atoms with Gasteiger partial charge in [-0.15, -0.1) is 0 Å². The molecule has 0 spiro atoms. The van der Waals surface area contributed by atoms with Crippen molar-refractivity contribution in [2.45, 2.75) is 17.9 Å². The van der Waals surface area contributed by atoms with E-state index in [9.17, 15) is 16.8 Å². The van der Waals surface area contributed by atoms with Crippen LogP contribution in [0.15, 0.2) is 23.1 Å². The lowest BCUT2D eigenvalue weighted by Gasteiger charge is -2.28. The van der Waals surface area contributed by atoms with E-state index in [0.717, 1.165) is 5.56 Å². The first-order valence-corrected chi connectivity index (χ1v) is 10.6. The van der Waals surface area contributed by atoms with E-state index in [2.05, 4.69) is 0 Å². The number of nitrogens with two attached hydrogens (primary N) is 1. The third kappa shape index (κ3) is 4.98. The van der Waals surface area contributed by atoms with Crippen LogP contribution in [0.3, 0.4) is 0 Å². The Kier molecular flexibility index (Phi) is 6.34. The first kappa shape index (κ1) is 19.3. The monoisotopic (exact) mass is 378 g/mol. The van der Waals surface area contributed by atoms with E-state index in [1.165, 1.54) is 16.4 Å². The predicted molar refractivity (Wildman–Crippen MR) is 88.4 cm³/mol. The summed E-state index contributed by atoms with van der Waals surface area (Å²) in [5, 5.41) is 5.13. The van der Waals surface area contributed by atoms with Gasteiger partial charge in [0.25, 0.3) is 0 Å². The number of primary sulfonamides is 1. The fourth-order valence-corrected chi connectivity index (χ4v) is 4.32. The fraction of sp³-hybridized carbons (Fsp3) is 0.571. The Bertz CT molecular complexity index is 776. The third-order valence-corrected chi connectivity index (χ3v) is 6.49. The SMILES string of the molecule is COCCOCCS(=O)(=O)N1CCc2ccc(S(N)(=O)=O)cc2C1. The Hall–Kier alpha value is -1.04. The first-order chi connectivity index (χ1) is 11.2. The van der Waals surface area contributed by atoms with Gasteiger partial charge in [-0.3, -0.25) is 0 Å². The molecule has 8 nitrogen and oxygen atoms in total. The van der Waals surface area contributed by atoms with Crippen molar-refractivity contribution in [2.75, 3.05) is 39.2 Å². The number of sulfonamides is 2. The summed E-state index contributed by atoms with van der Waals surface area (Å²) >= 11 is 0. The Balaban J connectivity index is 2.05. The molecule has 0 aliphatic carbocycles. The summed E-state index contributed by atoms with van der Waals surface area (Å²) in [4.78, 5) is -0.0107. The molecular formula is C14H22N2O6S2. The highest BCUT2D eigenvalue weighted by Gasteiger charge is 2.27. The standard InChI is InChI=1S/C14H22N2O6S2/c1-21-6-7-22-8-9-23(17,18)16-5-4-12-2-3-14(24(15,19)20)10-13(12)11-16/h2-3,10H,4-9,11H2,1H3,(H2,15,19,20). The molecule has 2 N–H and O–H groups in total. The maximum atomic E-state index is 12.4. The molecule has 0 unspecified atom stereocenters. The molecule has 0 saturated carbocycles. The van der Waals surface area contributed by atoms with Crippen molar-refractivity contribution < 1.29 is 26.3 Å². The molecule has 0 atom stereocenters. The van der Waals surface area contributed by atoms with Crippen molar-refractivity contribution in [3.8, 4) is 0 Å². The second kappa shape index (κ2) is 7.89. The van der Waals surface area contributed by atoms with Crippen LogP contribution in [0.2, 0.25) is 0 Å². The zero-order valence-electron chi connectivity index (χ0n) is 13.5. The van der Waals surface area contributed by atoms with Gasteiger partial charge >= 0.3 is 0 Å². The Morgan fingerprint density at radius 3 is 2.54 bits per heavy atom. The molecule has 24 heavy (non-hydrogen) atoms. The molecule has 0 bridgehead atoms. The summed E-state index contributed by atoms with van der Waals surface area (Å²) in [6.07, 6.45) is 0.532. The van der Waals surface area contributed by atoms with Gasteiger partial charge in [-0.05, 0) is 29.7 Å². The van der Waals surface area contributed by atoms with Crippen LogP contribution in [0.1, 0.15) is 11.1 Å². The van der Waals surface area contributed by atoms with Gasteiger partial charge in [-0.2, -0.15) is 4.31 Å². The largest absolute Gasteiger partial charge is 0.382 e. The van der Waals surface area contributed by atoms with Gasteiger partial charge in [0.1, 0.15) is 0 Å². The van der Waals surface area contributed by atoms with Gasteiger partial charge in [-0.1, -0.05) is 6.07 Å². The van der Waals surface area contributed by atoms with Crippen LogP contribution >= 0.6 is 0 Å². The van der Waals surface area contributed by atoms with E-state index in [4.69, 9.17) is 14.6 Å². The number of ether oxygens (including phenoxy) is 2. The van der Waals surface area contributed by atoms with Gasteiger partial charge in [0.15, 0.2) is 0 Å². The van der Waals surface area contributed by atoms with E-state index in [-0.39, 0.29) is 23.8 Å². The lowest BCUT2D eigenvalue weighted by molar-refractivity contribution is 0.0781. The van der Waals surface area contributed by atoms with E-state index in [1.807, 2.05) is 0 Å². The molecule has 0 saturated heterocycles. The summed E-state index contributed by atoms with van der Waals surface area (Å²) < 4.78 is 59.0. The van der Waals surface area contributed by atoms with Crippen LogP contribution in [0, 0.1) is 0 Å². The summed E-state index contributed by atoms with van der Waals surface area (Å²) in [5.41, 5.74) is 1.60. The molecule has 10 heteroatoms. The molecule has 1 aliphatic heterocycles. The van der Waals surface area contributed by atoms with Crippen molar-refractivity contribution in [1.29, 1.82) is 0 Å². The summed E-state index contributed by atoms with van der Waals surface area (Å²) in [6, 6.07) is 4.58. The highest BCUT2D eigenvalue weighted by molar-refractivity contribution is 7.89. The third-order valence-electron chi connectivity index (χ3n) is 3.79. The minimum Gasteiger partial charge on any atom is -0.382 e. The molecule has 1 heterocycles. The number of hydrogen-bond donors (Lipinski definition) is 1. The van der Waals surface area contributed by atoms with E-state index >= 15 is 0 Å². The van der Waals surface area contributed by atoms with Gasteiger partial charge < -0.3 is 9.47 Å². The van der Waals surface area contributed by atoms with Gasteiger partial charge in [0.2, 0.25) is 20.0 Å². The lowest BCUT2D eigenvalue weighted by atomic mass is 10.0. The van der Waals surface area contributed by atoms with E-state index in [0.29, 0.717) is 31.7 Å². The second-order valence-electron chi connectivity index (χ2n) is 5.48. The molecule has 2 rings (SSSR count). The minimum atomic E-state index is -3.81. The number of nitrogens with zero attached hydrogens (tertiary/aromatic N) is 1. The number of rotatable bonds is 8. The van der Waals surface area contributed by atoms with Crippen molar-refractivity contribution in [2.24, 2.45) is 5.14 Å². The lowest BCUT2D eigenvalue weighted by Crippen LogP contribution is -2.38. The average molecular weight is 378 g/mol. The van der Waals surface area contributed by atoms with Crippen LogP contribution in [0.4, 0.5) is 0 Å². The van der Waals surface area contributed by atoms with E-state index in [1.54, 1.807) is 13.2 Å². The van der Waals surface area contributed by atoms with Crippen molar-refractivity contribution in [3.05, 3.63) is 29.3 Å². The molecule has 0 radical (unpaired) electrons. The average Bonchev–Trinajstić information content (AvgIpc) is 2.52. The Labute approximate surface area is 142 Å². The maximum absolute atomic E-state index is 12.4. The van der Waals surface area contributed by atoms with Gasteiger partial charge in [0, 0.05) is 20.2 Å². The summed E-state index contributed by atoms with van der Waals surface area (Å²) in [6.45, 7) is 1.34. The molecule has 0 amide bonds. The van der Waals surface area contributed by atoms with Gasteiger partial charge in [0.05, 0.1) is 30.5 Å². The van der Waals surface area contributed by atoms with Crippen LogP contribution in [-0.2, 0) is 42.5 Å². The molecule has 0 fully saturated rings. The topological polar surface area (TPSA) is 116 Å². The Morgan fingerprint density at radius 1 is 1.12 bits per heavy atom. The predicted octanol–water partition coefficient (Wildman–Crippen LogP) is -0.315. The zero-order valence-corrected chi connectivity index (χ0v) is 15.1. The van der Waals surface area contributed by atoms with Crippen molar-refractivity contribution in [1.82, 2.24) is 4.31 Å². The quantitative estimate of drug-likeness (QED) is 0.620. The highest BCUT2D eigenvalue weighted by atomic mass is 32.2. The molecular weight excluding hydrogens is 356 g/mol. The number of benzene rings is 1. The molecule has 0 aromatic heterocycles. The summed E-state index contributed by atoms with van der Waals surface area (Å²) in [7, 11) is -5.74. The van der Waals surface area contributed by atoms with E-state index < -0.39 is 20.0 Å². The van der Waals surface area contributed by atoms with Crippen molar-refractivity contribution in [3.63, 3.8) is 0 Å². The smallest absolute Gasteiger partial charge is 0.238 e. The zero-order chi connectivity index (χ0) is 17.8. The molecule has 1 aromatic carbocycles. The molecule has 1 aromatic rings. The van der Waals surface area contributed by atoms with Gasteiger partial charge in [-0.25, -0.2) is 22.0 Å². The second-order valence-corrected chi connectivity index (χ2v) is 9.13. The molecule has 1 aliphatic rings. The molecule has 136 valence electrons. The number of fused-ring (bicyclic) bond motifs is 1. The minimum absolute atomic E-state index is 0.0107. The normalized spacial score (nSPS) is 16.1. The summed E-state index contributed by atoms with van der Waals surface area (Å²) in [5.74, 6) is -0.124. The fourth-order valence-electron chi connectivity index (χ4n) is 2.46. The highest BCUT2D eigenvalue weighted by Crippen LogP contribution is 2.24. The maximum Gasteiger partial charge on any atom is 0.238 e. The van der Waals surface area contributed by atoms with Crippen LogP contribution in [0.5, 0.6) is 0 Å². The van der Waals surface area contributed by atoms with Crippen LogP contribution in [0.25, 0.3) is 0 Å². The number of methoxy groups -OCH3 is 1. The first-order valence-electron chi connectivity index (χ1n) is 7.43.